The smallest absolute Gasteiger partial charge is 0.164 e. The fourth-order valence-corrected chi connectivity index (χ4v) is 4.84. The maximum Gasteiger partial charge on any atom is 0.164 e. The molecule has 1 aliphatic heterocycles. The van der Waals surface area contributed by atoms with Crippen molar-refractivity contribution in [3.63, 3.8) is 0 Å². The van der Waals surface area contributed by atoms with Crippen LogP contribution in [0.4, 0.5) is 0 Å². The Bertz CT molecular complexity index is 1560. The quantitative estimate of drug-likeness (QED) is 0.280. The number of nitrogens with two attached hydrogens (primary N) is 1. The SMILES string of the molecule is Cc1c(COc2cc(OCc3cncc(C#N)c3)c(CN)cc2Cl)cccc1-c1ccc2c(c1C)OCCO2. The Hall–Kier alpha value is -4.25. The summed E-state index contributed by atoms with van der Waals surface area (Å²) in [5.41, 5.74) is 13.3. The highest BCUT2D eigenvalue weighted by atomic mass is 35.5. The minimum absolute atomic E-state index is 0.229. The first-order chi connectivity index (χ1) is 19.0. The molecule has 0 bridgehead atoms. The van der Waals surface area contributed by atoms with Crippen molar-refractivity contribution in [2.24, 2.45) is 5.73 Å². The molecule has 0 aliphatic carbocycles. The van der Waals surface area contributed by atoms with Gasteiger partial charge in [-0.15, -0.1) is 0 Å². The standard InChI is InChI=1S/C31H28ClN3O4/c1-19-23(4-3-5-25(19)26-6-7-28-31(20(26)2)37-9-8-36-28)18-39-30-12-29(24(14-34)11-27(30)32)38-17-22-10-21(13-33)15-35-16-22/h3-7,10-12,15-16H,8-9,14,17-18,34H2,1-2H3. The number of ether oxygens (including phenoxy) is 4. The monoisotopic (exact) mass is 541 g/mol. The molecule has 0 saturated carbocycles. The molecule has 0 amide bonds. The molecule has 7 nitrogen and oxygen atoms in total. The number of pyridine rings is 1. The van der Waals surface area contributed by atoms with E-state index in [0.717, 1.165) is 50.4 Å². The zero-order valence-corrected chi connectivity index (χ0v) is 22.5. The van der Waals surface area contributed by atoms with Crippen LogP contribution in [0.3, 0.4) is 0 Å². The topological polar surface area (TPSA) is 99.6 Å². The van der Waals surface area contributed by atoms with Gasteiger partial charge in [0.15, 0.2) is 11.5 Å². The largest absolute Gasteiger partial charge is 0.488 e. The van der Waals surface area contributed by atoms with Crippen LogP contribution in [0.5, 0.6) is 23.0 Å². The molecule has 8 heteroatoms. The second-order valence-corrected chi connectivity index (χ2v) is 9.62. The van der Waals surface area contributed by atoms with Crippen molar-refractivity contribution in [2.75, 3.05) is 13.2 Å². The Kier molecular flexibility index (Phi) is 7.87. The Labute approximate surface area is 232 Å². The van der Waals surface area contributed by atoms with Crippen molar-refractivity contribution in [1.29, 1.82) is 5.26 Å². The fraction of sp³-hybridized carbons (Fsp3) is 0.226. The van der Waals surface area contributed by atoms with Crippen LogP contribution in [0.1, 0.15) is 33.4 Å². The van der Waals surface area contributed by atoms with Crippen molar-refractivity contribution in [3.8, 4) is 40.2 Å². The number of nitriles is 1. The molecule has 0 radical (unpaired) electrons. The van der Waals surface area contributed by atoms with Gasteiger partial charge in [-0.1, -0.05) is 35.9 Å². The van der Waals surface area contributed by atoms with Crippen LogP contribution in [0.15, 0.2) is 60.9 Å². The average Bonchev–Trinajstić information content (AvgIpc) is 2.97. The molecule has 0 unspecified atom stereocenters. The van der Waals surface area contributed by atoms with E-state index < -0.39 is 0 Å². The van der Waals surface area contributed by atoms with Crippen molar-refractivity contribution < 1.29 is 18.9 Å². The lowest BCUT2D eigenvalue weighted by atomic mass is 9.93. The maximum absolute atomic E-state index is 9.12. The zero-order valence-electron chi connectivity index (χ0n) is 21.8. The van der Waals surface area contributed by atoms with Crippen LogP contribution in [0.2, 0.25) is 5.02 Å². The van der Waals surface area contributed by atoms with Gasteiger partial charge in [-0.05, 0) is 54.3 Å². The molecule has 0 fully saturated rings. The first-order valence-electron chi connectivity index (χ1n) is 12.6. The molecule has 0 spiro atoms. The van der Waals surface area contributed by atoms with E-state index in [-0.39, 0.29) is 13.2 Å². The Morgan fingerprint density at radius 3 is 2.54 bits per heavy atom. The summed E-state index contributed by atoms with van der Waals surface area (Å²) < 4.78 is 23.8. The molecule has 1 aromatic heterocycles. The summed E-state index contributed by atoms with van der Waals surface area (Å²) in [6, 6.07) is 17.5. The van der Waals surface area contributed by atoms with E-state index in [2.05, 4.69) is 37.0 Å². The van der Waals surface area contributed by atoms with E-state index in [4.69, 9.17) is 41.5 Å². The van der Waals surface area contributed by atoms with Gasteiger partial charge in [0.1, 0.15) is 44.0 Å². The van der Waals surface area contributed by atoms with Gasteiger partial charge < -0.3 is 24.7 Å². The summed E-state index contributed by atoms with van der Waals surface area (Å²) >= 11 is 6.55. The van der Waals surface area contributed by atoms with Crippen molar-refractivity contribution in [3.05, 3.63) is 99.3 Å². The first-order valence-corrected chi connectivity index (χ1v) is 13.0. The van der Waals surface area contributed by atoms with Crippen LogP contribution < -0.4 is 24.7 Å². The van der Waals surface area contributed by atoms with Crippen molar-refractivity contribution in [1.82, 2.24) is 4.98 Å². The molecular formula is C31H28ClN3O4. The van der Waals surface area contributed by atoms with Crippen molar-refractivity contribution in [2.45, 2.75) is 33.6 Å². The van der Waals surface area contributed by atoms with Gasteiger partial charge in [0, 0.05) is 41.7 Å². The lowest BCUT2D eigenvalue weighted by molar-refractivity contribution is 0.170. The average molecular weight is 542 g/mol. The van der Waals surface area contributed by atoms with Crippen LogP contribution in [0.25, 0.3) is 11.1 Å². The molecule has 1 aliphatic rings. The van der Waals surface area contributed by atoms with Gasteiger partial charge in [-0.25, -0.2) is 0 Å². The molecular weight excluding hydrogens is 514 g/mol. The third kappa shape index (κ3) is 5.63. The van der Waals surface area contributed by atoms with Crippen LogP contribution in [-0.4, -0.2) is 18.2 Å². The number of fused-ring (bicyclic) bond motifs is 1. The molecule has 39 heavy (non-hydrogen) atoms. The molecule has 2 N–H and O–H groups in total. The fourth-order valence-electron chi connectivity index (χ4n) is 4.60. The van der Waals surface area contributed by atoms with E-state index in [1.165, 1.54) is 6.20 Å². The number of halogens is 1. The normalized spacial score (nSPS) is 12.1. The lowest BCUT2D eigenvalue weighted by Gasteiger charge is -2.22. The Morgan fingerprint density at radius 2 is 1.72 bits per heavy atom. The van der Waals surface area contributed by atoms with Crippen molar-refractivity contribution >= 4 is 11.6 Å². The van der Waals surface area contributed by atoms with E-state index in [9.17, 15) is 0 Å². The van der Waals surface area contributed by atoms with Gasteiger partial charge in [0.25, 0.3) is 0 Å². The number of benzene rings is 3. The van der Waals surface area contributed by atoms with Crippen LogP contribution in [0, 0.1) is 25.2 Å². The molecule has 4 aromatic rings. The molecule has 3 aromatic carbocycles. The summed E-state index contributed by atoms with van der Waals surface area (Å²) in [6.07, 6.45) is 3.17. The van der Waals surface area contributed by atoms with E-state index in [1.54, 1.807) is 24.4 Å². The third-order valence-corrected chi connectivity index (χ3v) is 7.03. The Balaban J connectivity index is 1.36. The van der Waals surface area contributed by atoms with E-state index in [0.29, 0.717) is 41.9 Å². The molecule has 0 saturated heterocycles. The number of aromatic nitrogens is 1. The van der Waals surface area contributed by atoms with Crippen LogP contribution >= 0.6 is 11.6 Å². The highest BCUT2D eigenvalue weighted by molar-refractivity contribution is 6.32. The number of rotatable bonds is 8. The predicted molar refractivity (Wildman–Crippen MR) is 149 cm³/mol. The third-order valence-electron chi connectivity index (χ3n) is 6.73. The zero-order chi connectivity index (χ0) is 27.4. The lowest BCUT2D eigenvalue weighted by Crippen LogP contribution is -2.16. The first kappa shape index (κ1) is 26.4. The Morgan fingerprint density at radius 1 is 0.923 bits per heavy atom. The highest BCUT2D eigenvalue weighted by Gasteiger charge is 2.19. The van der Waals surface area contributed by atoms with Gasteiger partial charge in [-0.3, -0.25) is 4.98 Å². The maximum atomic E-state index is 9.12. The number of hydrogen-bond acceptors (Lipinski definition) is 7. The summed E-state index contributed by atoms with van der Waals surface area (Å²) in [4.78, 5) is 4.08. The van der Waals surface area contributed by atoms with Gasteiger partial charge in [-0.2, -0.15) is 5.26 Å². The molecule has 198 valence electrons. The summed E-state index contributed by atoms with van der Waals surface area (Å²) in [5.74, 6) is 2.64. The van der Waals surface area contributed by atoms with E-state index >= 15 is 0 Å². The van der Waals surface area contributed by atoms with Gasteiger partial charge >= 0.3 is 0 Å². The predicted octanol–water partition coefficient (Wildman–Crippen LogP) is 6.28. The number of hydrogen-bond donors (Lipinski definition) is 1. The second-order valence-electron chi connectivity index (χ2n) is 9.22. The minimum Gasteiger partial charge on any atom is -0.488 e. The molecule has 0 atom stereocenters. The summed E-state index contributed by atoms with van der Waals surface area (Å²) in [5, 5.41) is 9.57. The highest BCUT2D eigenvalue weighted by Crippen LogP contribution is 2.41. The summed E-state index contributed by atoms with van der Waals surface area (Å²) in [7, 11) is 0. The molecule has 5 rings (SSSR count). The second kappa shape index (κ2) is 11.6. The van der Waals surface area contributed by atoms with E-state index in [1.807, 2.05) is 18.2 Å². The minimum atomic E-state index is 0.229. The summed E-state index contributed by atoms with van der Waals surface area (Å²) in [6.45, 7) is 6.04. The number of nitrogens with zero attached hydrogens (tertiary/aromatic N) is 2. The van der Waals surface area contributed by atoms with Gasteiger partial charge in [0.2, 0.25) is 0 Å². The van der Waals surface area contributed by atoms with Crippen LogP contribution in [-0.2, 0) is 19.8 Å². The molecule has 2 heterocycles. The van der Waals surface area contributed by atoms with Gasteiger partial charge in [0.05, 0.1) is 10.6 Å².